The van der Waals surface area contributed by atoms with E-state index in [1.807, 2.05) is 0 Å². The van der Waals surface area contributed by atoms with Crippen LogP contribution in [0.1, 0.15) is 19.3 Å². The first-order valence-corrected chi connectivity index (χ1v) is 9.58. The summed E-state index contributed by atoms with van der Waals surface area (Å²) in [6.07, 6.45) is 1.96. The molecule has 1 aromatic rings. The number of carbonyl (C=O) groups is 2. The summed E-state index contributed by atoms with van der Waals surface area (Å²) in [5.41, 5.74) is 0.124. The van der Waals surface area contributed by atoms with Crippen LogP contribution in [0.2, 0.25) is 0 Å². The Bertz CT molecular complexity index is 690. The molecule has 0 bridgehead atoms. The van der Waals surface area contributed by atoms with Gasteiger partial charge in [0.15, 0.2) is 0 Å². The number of nitrogens with zero attached hydrogens (tertiary/aromatic N) is 1. The zero-order chi connectivity index (χ0) is 20.1. The maximum absolute atomic E-state index is 13.0. The molecule has 2 fully saturated rings. The van der Waals surface area contributed by atoms with Crippen LogP contribution in [0, 0.1) is 5.41 Å². The van der Waals surface area contributed by atoms with Gasteiger partial charge in [-0.1, -0.05) is 0 Å². The molecule has 8 nitrogen and oxygen atoms in total. The fourth-order valence-electron chi connectivity index (χ4n) is 3.95. The first-order valence-electron chi connectivity index (χ1n) is 9.58. The molecule has 0 aromatic heterocycles. The molecule has 0 spiro atoms. The first kappa shape index (κ1) is 20.4. The van der Waals surface area contributed by atoms with Gasteiger partial charge in [0, 0.05) is 31.9 Å². The van der Waals surface area contributed by atoms with E-state index < -0.39 is 11.5 Å². The first-order chi connectivity index (χ1) is 13.5. The third-order valence-corrected chi connectivity index (χ3v) is 5.62. The fraction of sp³-hybridized carbons (Fsp3) is 0.600. The van der Waals surface area contributed by atoms with Crippen molar-refractivity contribution < 1.29 is 23.8 Å². The van der Waals surface area contributed by atoms with E-state index in [0.717, 1.165) is 13.1 Å². The average Bonchev–Trinajstić information content (AvgIpc) is 3.08. The highest BCUT2D eigenvalue weighted by Gasteiger charge is 2.43. The van der Waals surface area contributed by atoms with Crippen LogP contribution in [0.5, 0.6) is 11.5 Å². The van der Waals surface area contributed by atoms with E-state index in [2.05, 4.69) is 10.6 Å². The number of hydrogen-bond acceptors (Lipinski definition) is 6. The van der Waals surface area contributed by atoms with Crippen molar-refractivity contribution in [3.8, 4) is 11.5 Å². The summed E-state index contributed by atoms with van der Waals surface area (Å²) in [6, 6.07) is 4.82. The Labute approximate surface area is 165 Å². The summed E-state index contributed by atoms with van der Waals surface area (Å²) < 4.78 is 15.9. The molecule has 28 heavy (non-hydrogen) atoms. The number of benzene rings is 1. The van der Waals surface area contributed by atoms with Gasteiger partial charge >= 0.3 is 0 Å². The number of nitrogens with one attached hydrogen (secondary N) is 2. The third kappa shape index (κ3) is 4.07. The van der Waals surface area contributed by atoms with Crippen LogP contribution < -0.4 is 25.0 Å². The van der Waals surface area contributed by atoms with E-state index in [0.29, 0.717) is 49.6 Å². The predicted molar refractivity (Wildman–Crippen MR) is 105 cm³/mol. The number of ether oxygens (including phenoxy) is 3. The second kappa shape index (κ2) is 8.79. The Morgan fingerprint density at radius 2 is 1.82 bits per heavy atom. The maximum Gasteiger partial charge on any atom is 0.249 e. The van der Waals surface area contributed by atoms with Crippen molar-refractivity contribution in [1.82, 2.24) is 10.6 Å². The maximum atomic E-state index is 13.0. The van der Waals surface area contributed by atoms with Crippen molar-refractivity contribution in [2.75, 3.05) is 52.5 Å². The van der Waals surface area contributed by atoms with Crippen molar-refractivity contribution in [3.05, 3.63) is 18.2 Å². The number of carbonyl (C=O) groups excluding carboxylic acids is 2. The van der Waals surface area contributed by atoms with Crippen molar-refractivity contribution in [3.63, 3.8) is 0 Å². The highest BCUT2D eigenvalue weighted by atomic mass is 16.5. The number of amides is 2. The van der Waals surface area contributed by atoms with Gasteiger partial charge in [-0.3, -0.25) is 9.59 Å². The Balaban J connectivity index is 1.72. The minimum absolute atomic E-state index is 0.0979. The zero-order valence-corrected chi connectivity index (χ0v) is 16.7. The standard InChI is InChI=1S/C20H29N3O5/c1-26-13-20(5-7-21-8-6-20)19(25)22-17-4-9-23(18(17)24)14-10-15(27-2)12-16(11-14)28-3/h10-12,17,21H,4-9,13H2,1-3H3,(H,22,25). The van der Waals surface area contributed by atoms with Gasteiger partial charge in [0.25, 0.3) is 0 Å². The van der Waals surface area contributed by atoms with Crippen molar-refractivity contribution in [2.45, 2.75) is 25.3 Å². The number of hydrogen-bond donors (Lipinski definition) is 2. The van der Waals surface area contributed by atoms with E-state index >= 15 is 0 Å². The second-order valence-corrected chi connectivity index (χ2v) is 7.34. The molecule has 2 saturated heterocycles. The Kier molecular flexibility index (Phi) is 6.41. The normalized spacial score (nSPS) is 21.5. The van der Waals surface area contributed by atoms with Crippen molar-refractivity contribution in [2.24, 2.45) is 5.41 Å². The van der Waals surface area contributed by atoms with Crippen molar-refractivity contribution >= 4 is 17.5 Å². The van der Waals surface area contributed by atoms with Gasteiger partial charge in [-0.15, -0.1) is 0 Å². The average molecular weight is 391 g/mol. The summed E-state index contributed by atoms with van der Waals surface area (Å²) in [7, 11) is 4.75. The molecular weight excluding hydrogens is 362 g/mol. The largest absolute Gasteiger partial charge is 0.497 e. The van der Waals surface area contributed by atoms with Crippen LogP contribution in [0.25, 0.3) is 0 Å². The van der Waals surface area contributed by atoms with Gasteiger partial charge < -0.3 is 29.7 Å². The summed E-state index contributed by atoms with van der Waals surface area (Å²) in [5.74, 6) is 1.01. The molecule has 2 heterocycles. The van der Waals surface area contributed by atoms with Crippen LogP contribution in [0.4, 0.5) is 5.69 Å². The number of rotatable bonds is 7. The summed E-state index contributed by atoms with van der Waals surface area (Å²) in [5, 5.41) is 6.25. The van der Waals surface area contributed by atoms with Crippen LogP contribution in [-0.2, 0) is 14.3 Å². The van der Waals surface area contributed by atoms with Crippen LogP contribution >= 0.6 is 0 Å². The van der Waals surface area contributed by atoms with Gasteiger partial charge in [0.1, 0.15) is 17.5 Å². The van der Waals surface area contributed by atoms with E-state index in [4.69, 9.17) is 14.2 Å². The van der Waals surface area contributed by atoms with E-state index in [-0.39, 0.29) is 11.8 Å². The SMILES string of the molecule is COCC1(C(=O)NC2CCN(c3cc(OC)cc(OC)c3)C2=O)CCNCC1. The van der Waals surface area contributed by atoms with E-state index in [9.17, 15) is 9.59 Å². The highest BCUT2D eigenvalue weighted by molar-refractivity contribution is 6.02. The lowest BCUT2D eigenvalue weighted by Gasteiger charge is -2.36. The molecule has 3 rings (SSSR count). The lowest BCUT2D eigenvalue weighted by molar-refractivity contribution is -0.138. The molecule has 0 aliphatic carbocycles. The third-order valence-electron chi connectivity index (χ3n) is 5.62. The van der Waals surface area contributed by atoms with Crippen LogP contribution in [0.15, 0.2) is 18.2 Å². The van der Waals surface area contributed by atoms with Crippen LogP contribution in [-0.4, -0.2) is 65.4 Å². The van der Waals surface area contributed by atoms with Crippen molar-refractivity contribution in [1.29, 1.82) is 0 Å². The van der Waals surface area contributed by atoms with Gasteiger partial charge in [0.2, 0.25) is 11.8 Å². The minimum atomic E-state index is -0.577. The van der Waals surface area contributed by atoms with E-state index in [1.54, 1.807) is 44.4 Å². The zero-order valence-electron chi connectivity index (χ0n) is 16.7. The lowest BCUT2D eigenvalue weighted by Crippen LogP contribution is -2.53. The molecule has 2 aliphatic heterocycles. The monoisotopic (exact) mass is 391 g/mol. The van der Waals surface area contributed by atoms with Gasteiger partial charge in [-0.25, -0.2) is 0 Å². The second-order valence-electron chi connectivity index (χ2n) is 7.34. The van der Waals surface area contributed by atoms with Gasteiger partial charge in [0.05, 0.1) is 31.9 Å². The molecule has 0 saturated carbocycles. The molecule has 1 unspecified atom stereocenters. The van der Waals surface area contributed by atoms with Crippen LogP contribution in [0.3, 0.4) is 0 Å². The van der Waals surface area contributed by atoms with Gasteiger partial charge in [-0.05, 0) is 32.4 Å². The topological polar surface area (TPSA) is 89.1 Å². The summed E-state index contributed by atoms with van der Waals surface area (Å²) in [6.45, 7) is 2.42. The Morgan fingerprint density at radius 3 is 2.39 bits per heavy atom. The quantitative estimate of drug-likeness (QED) is 0.719. The lowest BCUT2D eigenvalue weighted by atomic mass is 9.78. The molecule has 0 radical (unpaired) electrons. The predicted octanol–water partition coefficient (Wildman–Crippen LogP) is 0.942. The molecule has 154 valence electrons. The smallest absolute Gasteiger partial charge is 0.249 e. The Morgan fingerprint density at radius 1 is 1.18 bits per heavy atom. The molecule has 2 aliphatic rings. The summed E-state index contributed by atoms with van der Waals surface area (Å²) >= 11 is 0. The number of piperidine rings is 1. The number of anilines is 1. The molecule has 8 heteroatoms. The van der Waals surface area contributed by atoms with E-state index in [1.165, 1.54) is 0 Å². The Hall–Kier alpha value is -2.32. The number of methoxy groups -OCH3 is 3. The molecule has 2 amide bonds. The minimum Gasteiger partial charge on any atom is -0.497 e. The molecule has 2 N–H and O–H groups in total. The fourth-order valence-corrected chi connectivity index (χ4v) is 3.95. The molecule has 1 atom stereocenters. The molecule has 1 aromatic carbocycles. The summed E-state index contributed by atoms with van der Waals surface area (Å²) in [4.78, 5) is 27.7. The molecular formula is C20H29N3O5. The van der Waals surface area contributed by atoms with Gasteiger partial charge in [-0.2, -0.15) is 0 Å². The highest BCUT2D eigenvalue weighted by Crippen LogP contribution is 2.33.